The summed E-state index contributed by atoms with van der Waals surface area (Å²) < 4.78 is 46.4. The van der Waals surface area contributed by atoms with Crippen LogP contribution < -0.4 is 0 Å². The minimum absolute atomic E-state index is 0.254. The van der Waals surface area contributed by atoms with Gasteiger partial charge in [-0.2, -0.15) is 18.3 Å². The van der Waals surface area contributed by atoms with E-state index in [1.807, 2.05) is 6.07 Å². The van der Waals surface area contributed by atoms with Crippen molar-refractivity contribution in [3.05, 3.63) is 68.6 Å². The maximum absolute atomic E-state index is 13.3. The number of nitrogens with zero attached hydrogens (tertiary/aromatic N) is 5. The fourth-order valence-electron chi connectivity index (χ4n) is 4.74. The van der Waals surface area contributed by atoms with Gasteiger partial charge in [0.15, 0.2) is 11.3 Å². The molecule has 0 radical (unpaired) electrons. The molecule has 0 saturated carbocycles. The molecule has 0 atom stereocenters. The number of halogens is 5. The van der Waals surface area contributed by atoms with Gasteiger partial charge < -0.3 is 9.64 Å². The highest BCUT2D eigenvalue weighted by Gasteiger charge is 2.34. The van der Waals surface area contributed by atoms with Crippen LogP contribution in [0.3, 0.4) is 0 Å². The lowest BCUT2D eigenvalue weighted by atomic mass is 10.0. The first-order chi connectivity index (χ1) is 17.0. The fraction of sp³-hybridized carbons (Fsp3) is 0.440. The summed E-state index contributed by atoms with van der Waals surface area (Å²) >= 11 is 13.4. The molecule has 0 aliphatic carbocycles. The molecule has 2 aliphatic rings. The summed E-state index contributed by atoms with van der Waals surface area (Å²) in [6, 6.07) is 5.15. The summed E-state index contributed by atoms with van der Waals surface area (Å²) in [5.41, 5.74) is 3.13. The van der Waals surface area contributed by atoms with E-state index < -0.39 is 11.9 Å². The molecule has 5 rings (SSSR count). The van der Waals surface area contributed by atoms with Gasteiger partial charge in [-0.05, 0) is 43.2 Å². The van der Waals surface area contributed by atoms with Crippen LogP contribution in [-0.4, -0.2) is 69.8 Å². The predicted molar refractivity (Wildman–Crippen MR) is 134 cm³/mol. The molecule has 6 nitrogen and oxygen atoms in total. The van der Waals surface area contributed by atoms with Crippen molar-refractivity contribution in [2.75, 3.05) is 39.4 Å². The number of rotatable bonds is 5. The van der Waals surface area contributed by atoms with Gasteiger partial charge in [-0.1, -0.05) is 29.8 Å². The molecule has 2 fully saturated rings. The van der Waals surface area contributed by atoms with Crippen molar-refractivity contribution in [1.29, 1.82) is 0 Å². The molecule has 2 saturated heterocycles. The van der Waals surface area contributed by atoms with Gasteiger partial charge in [-0.15, -0.1) is 0 Å². The van der Waals surface area contributed by atoms with E-state index in [1.54, 1.807) is 19.9 Å². The zero-order valence-corrected chi connectivity index (χ0v) is 21.5. The number of fused-ring (bicyclic) bond motifs is 1. The van der Waals surface area contributed by atoms with Crippen molar-refractivity contribution >= 4 is 34.5 Å². The highest BCUT2D eigenvalue weighted by Crippen LogP contribution is 2.36. The maximum Gasteiger partial charge on any atom is 0.435 e. The third-order valence-electron chi connectivity index (χ3n) is 7.05. The quantitative estimate of drug-likeness (QED) is 0.443. The summed E-state index contributed by atoms with van der Waals surface area (Å²) in [7, 11) is 0. The molecule has 192 valence electrons. The van der Waals surface area contributed by atoms with Crippen molar-refractivity contribution in [1.82, 2.24) is 24.4 Å². The van der Waals surface area contributed by atoms with Crippen LogP contribution in [0.25, 0.3) is 11.3 Å². The van der Waals surface area contributed by atoms with Crippen LogP contribution >= 0.6 is 23.2 Å². The first kappa shape index (κ1) is 25.3. The lowest BCUT2D eigenvalue weighted by Gasteiger charge is -2.43. The van der Waals surface area contributed by atoms with Crippen LogP contribution in [-0.2, 0) is 17.3 Å². The number of ether oxygens (including phenoxy) is 1. The number of imidazole rings is 1. The number of benzene rings is 1. The van der Waals surface area contributed by atoms with Gasteiger partial charge in [-0.3, -0.25) is 4.90 Å². The second kappa shape index (κ2) is 9.52. The van der Waals surface area contributed by atoms with Crippen LogP contribution in [0.1, 0.15) is 33.8 Å². The minimum Gasteiger partial charge on any atom is -0.378 e. The second-order valence-electron chi connectivity index (χ2n) is 9.31. The van der Waals surface area contributed by atoms with Crippen molar-refractivity contribution in [3.63, 3.8) is 0 Å². The number of alkyl halides is 3. The zero-order valence-electron chi connectivity index (χ0n) is 20.0. The maximum atomic E-state index is 13.3. The molecule has 0 spiro atoms. The van der Waals surface area contributed by atoms with Crippen LogP contribution in [0.5, 0.6) is 0 Å². The average molecular weight is 540 g/mol. The Bertz CT molecular complexity index is 1330. The zero-order chi connectivity index (χ0) is 25.8. The van der Waals surface area contributed by atoms with E-state index in [4.69, 9.17) is 27.9 Å². The molecule has 2 aromatic heterocycles. The van der Waals surface area contributed by atoms with Crippen molar-refractivity contribution in [2.24, 2.45) is 0 Å². The Labute approximate surface area is 217 Å². The van der Waals surface area contributed by atoms with Crippen LogP contribution in [0.4, 0.5) is 13.2 Å². The molecule has 36 heavy (non-hydrogen) atoms. The molecule has 0 bridgehead atoms. The minimum atomic E-state index is -4.55. The fourth-order valence-corrected chi connectivity index (χ4v) is 5.35. The van der Waals surface area contributed by atoms with Gasteiger partial charge in [0, 0.05) is 48.9 Å². The molecule has 0 N–H and O–H groups in total. The van der Waals surface area contributed by atoms with Gasteiger partial charge in [0.1, 0.15) is 0 Å². The molecule has 0 amide bonds. The number of aryl methyl sites for hydroxylation is 2. The molecule has 1 aromatic carbocycles. The van der Waals surface area contributed by atoms with E-state index in [9.17, 15) is 13.2 Å². The van der Waals surface area contributed by atoms with Gasteiger partial charge >= 0.3 is 6.18 Å². The highest BCUT2D eigenvalue weighted by atomic mass is 35.5. The van der Waals surface area contributed by atoms with E-state index in [2.05, 4.69) is 26.5 Å². The van der Waals surface area contributed by atoms with Crippen LogP contribution in [0.15, 0.2) is 24.8 Å². The normalized spacial score (nSPS) is 17.6. The van der Waals surface area contributed by atoms with Crippen molar-refractivity contribution in [2.45, 2.75) is 32.5 Å². The summed E-state index contributed by atoms with van der Waals surface area (Å²) in [5, 5.41) is 4.71. The Balaban J connectivity index is 1.41. The Hall–Kier alpha value is -2.33. The lowest BCUT2D eigenvalue weighted by Crippen LogP contribution is -2.56. The Morgan fingerprint density at radius 3 is 2.44 bits per heavy atom. The molecule has 3 aromatic rings. The third kappa shape index (κ3) is 4.58. The van der Waals surface area contributed by atoms with Gasteiger partial charge in [0.05, 0.1) is 35.7 Å². The molecular formula is C25H26Cl2F3N5O. The lowest BCUT2D eigenvalue weighted by molar-refractivity contribution is -0.141. The van der Waals surface area contributed by atoms with Crippen LogP contribution in [0.2, 0.25) is 10.0 Å². The number of aromatic nitrogens is 3. The monoisotopic (exact) mass is 539 g/mol. The Morgan fingerprint density at radius 1 is 1.14 bits per heavy atom. The number of hydrogen-bond acceptors (Lipinski definition) is 5. The first-order valence-electron chi connectivity index (χ1n) is 11.7. The molecular weight excluding hydrogens is 514 g/mol. The van der Waals surface area contributed by atoms with E-state index in [-0.39, 0.29) is 6.42 Å². The van der Waals surface area contributed by atoms with E-state index in [0.29, 0.717) is 44.2 Å². The Kier molecular flexibility index (Phi) is 6.70. The smallest absolute Gasteiger partial charge is 0.378 e. The average Bonchev–Trinajstić information content (AvgIpc) is 3.11. The highest BCUT2D eigenvalue weighted by molar-refractivity contribution is 6.37. The van der Waals surface area contributed by atoms with Gasteiger partial charge in [0.2, 0.25) is 0 Å². The predicted octanol–water partition coefficient (Wildman–Crippen LogP) is 5.25. The molecule has 2 aliphatic heterocycles. The Morgan fingerprint density at radius 2 is 1.83 bits per heavy atom. The molecule has 4 heterocycles. The van der Waals surface area contributed by atoms with Crippen LogP contribution in [0, 0.1) is 13.8 Å². The standard InChI is InChI=1S/C25H26Cl2F3N5O/c1-14-10-22(25(28,29)30)32-35-16(3)21(31-24(14)35)11-19-20(26)5-4-18(23(19)27)15(2)33-6-8-34(9-7-33)17-12-36-13-17/h4-5,10,17H,2,6-9,11-13H2,1,3H3. The van der Waals surface area contributed by atoms with E-state index in [1.165, 1.54) is 4.52 Å². The number of hydrogen-bond donors (Lipinski definition) is 0. The topological polar surface area (TPSA) is 45.9 Å². The number of piperazine rings is 1. The van der Waals surface area contributed by atoms with E-state index >= 15 is 0 Å². The summed E-state index contributed by atoms with van der Waals surface area (Å²) in [6.07, 6.45) is -4.29. The van der Waals surface area contributed by atoms with Gasteiger partial charge in [-0.25, -0.2) is 9.50 Å². The molecule has 0 unspecified atom stereocenters. The van der Waals surface area contributed by atoms with Gasteiger partial charge in [0.25, 0.3) is 0 Å². The summed E-state index contributed by atoms with van der Waals surface area (Å²) in [4.78, 5) is 9.24. The second-order valence-corrected chi connectivity index (χ2v) is 10.1. The van der Waals surface area contributed by atoms with Crippen molar-refractivity contribution in [3.8, 4) is 0 Å². The van der Waals surface area contributed by atoms with Crippen molar-refractivity contribution < 1.29 is 17.9 Å². The van der Waals surface area contributed by atoms with E-state index in [0.717, 1.165) is 56.7 Å². The molecule has 11 heteroatoms. The summed E-state index contributed by atoms with van der Waals surface area (Å²) in [6.45, 7) is 12.7. The first-order valence-corrected chi connectivity index (χ1v) is 12.5. The largest absolute Gasteiger partial charge is 0.435 e. The SMILES string of the molecule is C=C(c1ccc(Cl)c(Cc2nc3c(C)cc(C(F)(F)F)nn3c2C)c1Cl)N1CCN(C2COC2)CC1. The summed E-state index contributed by atoms with van der Waals surface area (Å²) in [5.74, 6) is 0. The third-order valence-corrected chi connectivity index (χ3v) is 7.84.